The maximum Gasteiger partial charge on any atom is 0.134 e. The summed E-state index contributed by atoms with van der Waals surface area (Å²) < 4.78 is 0. The van der Waals surface area contributed by atoms with Gasteiger partial charge in [-0.2, -0.15) is 0 Å². The zero-order chi connectivity index (χ0) is 11.7. The summed E-state index contributed by atoms with van der Waals surface area (Å²) in [5, 5.41) is 6.98. The Hall–Kier alpha value is -1.16. The summed E-state index contributed by atoms with van der Waals surface area (Å²) in [5.41, 5.74) is 2.46. The monoisotopic (exact) mass is 232 g/mol. The Labute approximate surface area is 102 Å². The molecule has 0 spiro atoms. The van der Waals surface area contributed by atoms with Gasteiger partial charge >= 0.3 is 0 Å². The van der Waals surface area contributed by atoms with Crippen LogP contribution in [0, 0.1) is 6.92 Å². The van der Waals surface area contributed by atoms with E-state index in [0.717, 1.165) is 24.7 Å². The summed E-state index contributed by atoms with van der Waals surface area (Å²) in [6.45, 7) is 3.77. The molecule has 1 aliphatic heterocycles. The second kappa shape index (κ2) is 4.61. The SMILES string of the molecule is Cc1nc2c(c(NC3CCCCC3)n1)CNC2. The maximum atomic E-state index is 4.58. The van der Waals surface area contributed by atoms with E-state index in [-0.39, 0.29) is 0 Å². The zero-order valence-electron chi connectivity index (χ0n) is 10.4. The van der Waals surface area contributed by atoms with Crippen molar-refractivity contribution in [1.82, 2.24) is 15.3 Å². The van der Waals surface area contributed by atoms with Crippen LogP contribution >= 0.6 is 0 Å². The van der Waals surface area contributed by atoms with Crippen LogP contribution in [-0.4, -0.2) is 16.0 Å². The molecule has 2 N–H and O–H groups in total. The van der Waals surface area contributed by atoms with Crippen molar-refractivity contribution in [3.8, 4) is 0 Å². The first-order valence-corrected chi connectivity index (χ1v) is 6.66. The summed E-state index contributed by atoms with van der Waals surface area (Å²) in [5.74, 6) is 1.95. The van der Waals surface area contributed by atoms with Crippen molar-refractivity contribution in [1.29, 1.82) is 0 Å². The normalized spacial score (nSPS) is 20.3. The number of nitrogens with zero attached hydrogens (tertiary/aromatic N) is 2. The van der Waals surface area contributed by atoms with Gasteiger partial charge in [-0.1, -0.05) is 19.3 Å². The lowest BCUT2D eigenvalue weighted by Crippen LogP contribution is -2.24. The van der Waals surface area contributed by atoms with Gasteiger partial charge in [0.2, 0.25) is 0 Å². The van der Waals surface area contributed by atoms with Crippen molar-refractivity contribution in [2.24, 2.45) is 0 Å². The van der Waals surface area contributed by atoms with Gasteiger partial charge in [-0.25, -0.2) is 9.97 Å². The molecule has 4 heteroatoms. The second-order valence-electron chi connectivity index (χ2n) is 5.13. The van der Waals surface area contributed by atoms with Crippen molar-refractivity contribution in [3.05, 3.63) is 17.1 Å². The minimum Gasteiger partial charge on any atom is -0.367 e. The molecule has 1 aromatic heterocycles. The molecular formula is C13H20N4. The minimum absolute atomic E-state index is 0.614. The highest BCUT2D eigenvalue weighted by atomic mass is 15.1. The van der Waals surface area contributed by atoms with Crippen LogP contribution in [0.4, 0.5) is 5.82 Å². The Morgan fingerprint density at radius 1 is 1.12 bits per heavy atom. The first kappa shape index (κ1) is 11.0. The predicted octanol–water partition coefficient (Wildman–Crippen LogP) is 2.13. The van der Waals surface area contributed by atoms with Gasteiger partial charge in [0.05, 0.1) is 5.69 Å². The van der Waals surface area contributed by atoms with Crippen molar-refractivity contribution in [3.63, 3.8) is 0 Å². The number of fused-ring (bicyclic) bond motifs is 1. The van der Waals surface area contributed by atoms with E-state index in [2.05, 4.69) is 20.6 Å². The number of aromatic nitrogens is 2. The summed E-state index contributed by atoms with van der Waals surface area (Å²) in [7, 11) is 0. The van der Waals surface area contributed by atoms with E-state index in [1.165, 1.54) is 43.4 Å². The van der Waals surface area contributed by atoms with Gasteiger partial charge in [-0.3, -0.25) is 0 Å². The van der Waals surface area contributed by atoms with Crippen LogP contribution in [0.15, 0.2) is 0 Å². The molecular weight excluding hydrogens is 212 g/mol. The van der Waals surface area contributed by atoms with Gasteiger partial charge in [-0.05, 0) is 19.8 Å². The van der Waals surface area contributed by atoms with Crippen molar-refractivity contribution in [2.45, 2.75) is 58.2 Å². The van der Waals surface area contributed by atoms with E-state index in [1.54, 1.807) is 0 Å². The molecule has 1 aliphatic carbocycles. The first-order chi connectivity index (χ1) is 8.33. The summed E-state index contributed by atoms with van der Waals surface area (Å²) >= 11 is 0. The highest BCUT2D eigenvalue weighted by Crippen LogP contribution is 2.25. The van der Waals surface area contributed by atoms with Gasteiger partial charge in [0.1, 0.15) is 11.6 Å². The Morgan fingerprint density at radius 2 is 1.94 bits per heavy atom. The van der Waals surface area contributed by atoms with Crippen LogP contribution in [0.25, 0.3) is 0 Å². The lowest BCUT2D eigenvalue weighted by molar-refractivity contribution is 0.461. The number of anilines is 1. The minimum atomic E-state index is 0.614. The Bertz CT molecular complexity index is 410. The van der Waals surface area contributed by atoms with E-state index in [4.69, 9.17) is 0 Å². The third-order valence-electron chi connectivity index (χ3n) is 3.74. The maximum absolute atomic E-state index is 4.58. The molecule has 0 unspecified atom stereocenters. The second-order valence-corrected chi connectivity index (χ2v) is 5.13. The van der Waals surface area contributed by atoms with E-state index in [0.29, 0.717) is 6.04 Å². The topological polar surface area (TPSA) is 49.8 Å². The van der Waals surface area contributed by atoms with E-state index in [1.807, 2.05) is 6.92 Å². The van der Waals surface area contributed by atoms with Gasteiger partial charge in [-0.15, -0.1) is 0 Å². The largest absolute Gasteiger partial charge is 0.367 e. The lowest BCUT2D eigenvalue weighted by atomic mass is 9.95. The fourth-order valence-electron chi connectivity index (χ4n) is 2.85. The number of rotatable bonds is 2. The van der Waals surface area contributed by atoms with Gasteiger partial charge in [0.15, 0.2) is 0 Å². The average Bonchev–Trinajstić information content (AvgIpc) is 2.78. The fourth-order valence-corrected chi connectivity index (χ4v) is 2.85. The molecule has 2 aliphatic rings. The van der Waals surface area contributed by atoms with Crippen LogP contribution in [0.2, 0.25) is 0 Å². The molecule has 3 rings (SSSR count). The van der Waals surface area contributed by atoms with E-state index >= 15 is 0 Å². The summed E-state index contributed by atoms with van der Waals surface area (Å²) in [4.78, 5) is 9.07. The molecule has 17 heavy (non-hydrogen) atoms. The molecule has 0 atom stereocenters. The molecule has 0 bridgehead atoms. The first-order valence-electron chi connectivity index (χ1n) is 6.66. The molecule has 1 aromatic rings. The van der Waals surface area contributed by atoms with Crippen molar-refractivity contribution >= 4 is 5.82 Å². The molecule has 0 aromatic carbocycles. The quantitative estimate of drug-likeness (QED) is 0.820. The van der Waals surface area contributed by atoms with Crippen molar-refractivity contribution < 1.29 is 0 Å². The van der Waals surface area contributed by atoms with Crippen LogP contribution in [-0.2, 0) is 13.1 Å². The molecule has 2 heterocycles. The molecule has 0 radical (unpaired) electrons. The number of nitrogens with one attached hydrogen (secondary N) is 2. The van der Waals surface area contributed by atoms with Gasteiger partial charge in [0, 0.05) is 24.7 Å². The smallest absolute Gasteiger partial charge is 0.134 e. The Morgan fingerprint density at radius 3 is 2.76 bits per heavy atom. The summed E-state index contributed by atoms with van der Waals surface area (Å²) in [6, 6.07) is 0.614. The lowest BCUT2D eigenvalue weighted by Gasteiger charge is -2.24. The standard InChI is InChI=1S/C13H20N4/c1-9-15-12-8-14-7-11(12)13(16-9)17-10-5-3-2-4-6-10/h10,14H,2-8H2,1H3,(H,15,16,17). The van der Waals surface area contributed by atoms with Crippen LogP contribution in [0.5, 0.6) is 0 Å². The van der Waals surface area contributed by atoms with Crippen LogP contribution in [0.3, 0.4) is 0 Å². The van der Waals surface area contributed by atoms with Crippen molar-refractivity contribution in [2.75, 3.05) is 5.32 Å². The zero-order valence-corrected chi connectivity index (χ0v) is 10.4. The average molecular weight is 232 g/mol. The van der Waals surface area contributed by atoms with Crippen LogP contribution in [0.1, 0.15) is 49.2 Å². The molecule has 92 valence electrons. The Balaban J connectivity index is 1.82. The fraction of sp³-hybridized carbons (Fsp3) is 0.692. The predicted molar refractivity (Wildman–Crippen MR) is 67.8 cm³/mol. The Kier molecular flexibility index (Phi) is 2.97. The summed E-state index contributed by atoms with van der Waals surface area (Å²) in [6.07, 6.45) is 6.65. The third kappa shape index (κ3) is 2.27. The number of aryl methyl sites for hydroxylation is 1. The van der Waals surface area contributed by atoms with Gasteiger partial charge < -0.3 is 10.6 Å². The number of hydrogen-bond donors (Lipinski definition) is 2. The number of hydrogen-bond acceptors (Lipinski definition) is 4. The highest BCUT2D eigenvalue weighted by Gasteiger charge is 2.20. The molecule has 4 nitrogen and oxygen atoms in total. The third-order valence-corrected chi connectivity index (χ3v) is 3.74. The van der Waals surface area contributed by atoms with E-state index in [9.17, 15) is 0 Å². The highest BCUT2D eigenvalue weighted by molar-refractivity contribution is 5.49. The molecule has 0 amide bonds. The molecule has 1 saturated carbocycles. The molecule has 0 saturated heterocycles. The van der Waals surface area contributed by atoms with Gasteiger partial charge in [0.25, 0.3) is 0 Å². The van der Waals surface area contributed by atoms with E-state index < -0.39 is 0 Å². The molecule has 1 fully saturated rings. The van der Waals surface area contributed by atoms with Crippen LogP contribution < -0.4 is 10.6 Å².